The summed E-state index contributed by atoms with van der Waals surface area (Å²) >= 11 is 2.17. The monoisotopic (exact) mass is 538 g/mol. The van der Waals surface area contributed by atoms with Crippen LogP contribution in [-0.2, 0) is 10.0 Å². The number of aryl methyl sites for hydroxylation is 2. The van der Waals surface area contributed by atoms with E-state index < -0.39 is 10.0 Å². The highest BCUT2D eigenvalue weighted by atomic mass is 127. The van der Waals surface area contributed by atoms with E-state index in [0.717, 1.165) is 26.6 Å². The lowest BCUT2D eigenvalue weighted by Gasteiger charge is -2.34. The zero-order chi connectivity index (χ0) is 21.5. The molecule has 1 aromatic carbocycles. The van der Waals surface area contributed by atoms with Gasteiger partial charge in [-0.15, -0.1) is 0 Å². The van der Waals surface area contributed by atoms with E-state index in [0.29, 0.717) is 36.9 Å². The van der Waals surface area contributed by atoms with Crippen LogP contribution in [0.5, 0.6) is 0 Å². The van der Waals surface area contributed by atoms with Crippen LogP contribution in [0.25, 0.3) is 5.82 Å². The summed E-state index contributed by atoms with van der Waals surface area (Å²) in [7, 11) is -3.49. The van der Waals surface area contributed by atoms with Gasteiger partial charge in [0.25, 0.3) is 0 Å². The second-order valence-electron chi connectivity index (χ2n) is 7.26. The molecule has 30 heavy (non-hydrogen) atoms. The number of nitrogens with zero attached hydrogens (tertiary/aromatic N) is 6. The van der Waals surface area contributed by atoms with Gasteiger partial charge in [-0.2, -0.15) is 4.31 Å². The Labute approximate surface area is 190 Å². The van der Waals surface area contributed by atoms with Crippen LogP contribution in [0.1, 0.15) is 17.2 Å². The van der Waals surface area contributed by atoms with Crippen molar-refractivity contribution >= 4 is 38.4 Å². The predicted molar refractivity (Wildman–Crippen MR) is 123 cm³/mol. The van der Waals surface area contributed by atoms with E-state index in [1.54, 1.807) is 22.8 Å². The quantitative estimate of drug-likeness (QED) is 0.476. The van der Waals surface area contributed by atoms with Crippen LogP contribution in [0, 0.1) is 24.3 Å². The molecular weight excluding hydrogens is 515 g/mol. The van der Waals surface area contributed by atoms with Gasteiger partial charge in [0, 0.05) is 41.5 Å². The molecular formula is C20H23IN6O2S. The van der Waals surface area contributed by atoms with Gasteiger partial charge >= 0.3 is 0 Å². The summed E-state index contributed by atoms with van der Waals surface area (Å²) in [5.74, 6) is 2.24. The number of anilines is 1. The Kier molecular flexibility index (Phi) is 5.82. The van der Waals surface area contributed by atoms with Crippen molar-refractivity contribution in [2.24, 2.45) is 0 Å². The van der Waals surface area contributed by atoms with Crippen molar-refractivity contribution in [2.75, 3.05) is 31.1 Å². The second kappa shape index (κ2) is 8.23. The molecule has 0 atom stereocenters. The molecule has 1 fully saturated rings. The summed E-state index contributed by atoms with van der Waals surface area (Å²) < 4.78 is 30.4. The normalized spacial score (nSPS) is 15.5. The average Bonchev–Trinajstić information content (AvgIpc) is 3.06. The number of imidazole rings is 1. The fourth-order valence-electron chi connectivity index (χ4n) is 3.46. The number of halogens is 1. The lowest BCUT2D eigenvalue weighted by Crippen LogP contribution is -2.49. The molecule has 0 N–H and O–H groups in total. The highest BCUT2D eigenvalue weighted by molar-refractivity contribution is 14.1. The van der Waals surface area contributed by atoms with E-state index in [1.165, 1.54) is 0 Å². The first kappa shape index (κ1) is 21.2. The van der Waals surface area contributed by atoms with Gasteiger partial charge in [0.05, 0.1) is 10.6 Å². The molecule has 0 amide bonds. The number of piperazine rings is 1. The Balaban J connectivity index is 1.53. The summed E-state index contributed by atoms with van der Waals surface area (Å²) in [6.45, 7) is 7.81. The number of hydrogen-bond acceptors (Lipinski definition) is 6. The van der Waals surface area contributed by atoms with E-state index in [9.17, 15) is 8.42 Å². The summed E-state index contributed by atoms with van der Waals surface area (Å²) in [6.07, 6.45) is 1.77. The van der Waals surface area contributed by atoms with Gasteiger partial charge in [0.1, 0.15) is 23.8 Å². The minimum Gasteiger partial charge on any atom is -0.354 e. The molecule has 1 saturated heterocycles. The molecule has 3 aromatic rings. The molecule has 1 aliphatic rings. The van der Waals surface area contributed by atoms with E-state index in [1.807, 2.05) is 43.5 Å². The Morgan fingerprint density at radius 3 is 2.17 bits per heavy atom. The van der Waals surface area contributed by atoms with Crippen molar-refractivity contribution in [2.45, 2.75) is 25.7 Å². The molecule has 0 saturated carbocycles. The summed E-state index contributed by atoms with van der Waals surface area (Å²) in [6, 6.07) is 8.89. The number of rotatable bonds is 4. The van der Waals surface area contributed by atoms with Gasteiger partial charge in [0.2, 0.25) is 10.0 Å². The van der Waals surface area contributed by atoms with Crippen LogP contribution >= 0.6 is 22.6 Å². The Morgan fingerprint density at radius 2 is 1.57 bits per heavy atom. The Bertz CT molecular complexity index is 1170. The minimum absolute atomic E-state index is 0.336. The van der Waals surface area contributed by atoms with E-state index in [4.69, 9.17) is 0 Å². The summed E-state index contributed by atoms with van der Waals surface area (Å²) in [4.78, 5) is 15.9. The van der Waals surface area contributed by atoms with Crippen LogP contribution in [0.4, 0.5) is 5.82 Å². The first-order chi connectivity index (χ1) is 14.3. The van der Waals surface area contributed by atoms with Gasteiger partial charge in [-0.1, -0.05) is 0 Å². The Morgan fingerprint density at radius 1 is 0.933 bits per heavy atom. The van der Waals surface area contributed by atoms with Gasteiger partial charge in [-0.3, -0.25) is 4.57 Å². The molecule has 0 bridgehead atoms. The maximum atomic E-state index is 12.9. The molecule has 4 rings (SSSR count). The molecule has 2 aromatic heterocycles. The van der Waals surface area contributed by atoms with Crippen LogP contribution in [-0.4, -0.2) is 58.4 Å². The van der Waals surface area contributed by atoms with E-state index in [-0.39, 0.29) is 0 Å². The number of sulfonamides is 1. The van der Waals surface area contributed by atoms with Crippen LogP contribution in [0.2, 0.25) is 0 Å². The molecule has 0 aliphatic carbocycles. The number of benzene rings is 1. The third-order valence-corrected chi connectivity index (χ3v) is 7.96. The van der Waals surface area contributed by atoms with Crippen molar-refractivity contribution in [1.82, 2.24) is 23.8 Å². The molecule has 8 nitrogen and oxygen atoms in total. The van der Waals surface area contributed by atoms with Gasteiger partial charge in [-0.25, -0.2) is 23.4 Å². The number of hydrogen-bond donors (Lipinski definition) is 0. The molecule has 0 radical (unpaired) electrons. The lowest BCUT2D eigenvalue weighted by atomic mass is 10.3. The summed E-state index contributed by atoms with van der Waals surface area (Å²) in [5.41, 5.74) is 2.00. The van der Waals surface area contributed by atoms with E-state index >= 15 is 0 Å². The van der Waals surface area contributed by atoms with Gasteiger partial charge in [-0.05, 0) is 67.6 Å². The van der Waals surface area contributed by atoms with Gasteiger partial charge < -0.3 is 4.90 Å². The molecule has 0 spiro atoms. The second-order valence-corrected chi connectivity index (χ2v) is 10.4. The largest absolute Gasteiger partial charge is 0.354 e. The fraction of sp³-hybridized carbons (Fsp3) is 0.350. The zero-order valence-corrected chi connectivity index (χ0v) is 20.1. The third kappa shape index (κ3) is 4.08. The highest BCUT2D eigenvalue weighted by Crippen LogP contribution is 2.23. The molecule has 3 heterocycles. The van der Waals surface area contributed by atoms with Crippen molar-refractivity contribution in [3.8, 4) is 5.82 Å². The fourth-order valence-corrected chi connectivity index (χ4v) is 5.25. The first-order valence-electron chi connectivity index (χ1n) is 9.63. The minimum atomic E-state index is -3.49. The topological polar surface area (TPSA) is 84.2 Å². The predicted octanol–water partition coefficient (Wildman–Crippen LogP) is 2.70. The standard InChI is InChI=1S/C20H23IN6O2S/c1-14-15(2)27(13-22-14)20-12-19(23-16(3)24-20)25-8-10-26(11-9-25)30(28,29)18-6-4-17(21)5-7-18/h4-7,12-13H,8-11H2,1-3H3. The number of aromatic nitrogens is 4. The molecule has 0 unspecified atom stereocenters. The maximum Gasteiger partial charge on any atom is 0.243 e. The highest BCUT2D eigenvalue weighted by Gasteiger charge is 2.29. The van der Waals surface area contributed by atoms with Crippen molar-refractivity contribution < 1.29 is 8.42 Å². The van der Waals surface area contributed by atoms with Crippen LogP contribution in [0.3, 0.4) is 0 Å². The Hall–Kier alpha value is -2.05. The third-order valence-electron chi connectivity index (χ3n) is 5.32. The lowest BCUT2D eigenvalue weighted by molar-refractivity contribution is 0.383. The van der Waals surface area contributed by atoms with Crippen molar-refractivity contribution in [3.05, 3.63) is 57.4 Å². The summed E-state index contributed by atoms with van der Waals surface area (Å²) in [5, 5.41) is 0. The SMILES string of the molecule is Cc1nc(N2CCN(S(=O)(=O)c3ccc(I)cc3)CC2)cc(-n2cnc(C)c2C)n1. The zero-order valence-electron chi connectivity index (χ0n) is 17.1. The first-order valence-corrected chi connectivity index (χ1v) is 12.1. The molecule has 10 heteroatoms. The molecule has 1 aliphatic heterocycles. The van der Waals surface area contributed by atoms with E-state index in [2.05, 4.69) is 42.4 Å². The molecule has 158 valence electrons. The smallest absolute Gasteiger partial charge is 0.243 e. The van der Waals surface area contributed by atoms with Crippen LogP contribution in [0.15, 0.2) is 41.6 Å². The maximum absolute atomic E-state index is 12.9. The average molecular weight is 538 g/mol. The van der Waals surface area contributed by atoms with Crippen molar-refractivity contribution in [3.63, 3.8) is 0 Å². The van der Waals surface area contributed by atoms with Gasteiger partial charge in [0.15, 0.2) is 0 Å². The van der Waals surface area contributed by atoms with Crippen LogP contribution < -0.4 is 4.90 Å². The van der Waals surface area contributed by atoms with Crippen molar-refractivity contribution in [1.29, 1.82) is 0 Å².